The van der Waals surface area contributed by atoms with E-state index in [2.05, 4.69) is 32.3 Å². The number of nitrogens with one attached hydrogen (secondary N) is 1. The molecule has 0 fully saturated rings. The molecule has 1 N–H and O–H groups in total. The molecule has 0 radical (unpaired) electrons. The van der Waals surface area contributed by atoms with E-state index in [1.54, 1.807) is 6.07 Å². The van der Waals surface area contributed by atoms with Gasteiger partial charge in [0.1, 0.15) is 11.9 Å². The first-order chi connectivity index (χ1) is 8.60. The van der Waals surface area contributed by atoms with E-state index >= 15 is 0 Å². The summed E-state index contributed by atoms with van der Waals surface area (Å²) >= 11 is 3.48. The summed E-state index contributed by atoms with van der Waals surface area (Å²) in [5, 5.41) is 12.3. The summed E-state index contributed by atoms with van der Waals surface area (Å²) in [5.41, 5.74) is 3.46. The summed E-state index contributed by atoms with van der Waals surface area (Å²) in [4.78, 5) is 4.36. The lowest BCUT2D eigenvalue weighted by Gasteiger charge is -2.10. The Labute approximate surface area is 115 Å². The van der Waals surface area contributed by atoms with E-state index in [9.17, 15) is 0 Å². The second-order valence-corrected chi connectivity index (χ2v) is 4.92. The van der Waals surface area contributed by atoms with Crippen molar-refractivity contribution in [3.63, 3.8) is 0 Å². The average Bonchev–Trinajstić information content (AvgIpc) is 2.34. The van der Waals surface area contributed by atoms with Crippen molar-refractivity contribution in [3.8, 4) is 6.07 Å². The van der Waals surface area contributed by atoms with Crippen LogP contribution in [0.15, 0.2) is 34.8 Å². The molecule has 2 rings (SSSR count). The number of aryl methyl sites for hydroxylation is 2. The maximum absolute atomic E-state index is 9.07. The molecule has 18 heavy (non-hydrogen) atoms. The van der Waals surface area contributed by atoms with Gasteiger partial charge in [-0.25, -0.2) is 4.98 Å². The minimum atomic E-state index is 0.536. The van der Waals surface area contributed by atoms with Gasteiger partial charge in [-0.1, -0.05) is 6.07 Å². The SMILES string of the molecule is Cc1ccc(Br)c(Nc2nc(C)ccc2C#N)c1. The normalized spacial score (nSPS) is 9.89. The van der Waals surface area contributed by atoms with E-state index in [4.69, 9.17) is 5.26 Å². The second-order valence-electron chi connectivity index (χ2n) is 4.07. The largest absolute Gasteiger partial charge is 0.338 e. The highest BCUT2D eigenvalue weighted by Gasteiger charge is 2.07. The molecule has 0 atom stereocenters. The number of benzene rings is 1. The quantitative estimate of drug-likeness (QED) is 0.909. The minimum Gasteiger partial charge on any atom is -0.338 e. The summed E-state index contributed by atoms with van der Waals surface area (Å²) < 4.78 is 0.945. The molecule has 2 aromatic rings. The van der Waals surface area contributed by atoms with E-state index < -0.39 is 0 Å². The van der Waals surface area contributed by atoms with Crippen molar-refractivity contribution in [2.75, 3.05) is 5.32 Å². The van der Waals surface area contributed by atoms with Crippen LogP contribution in [0.2, 0.25) is 0 Å². The predicted octanol–water partition coefficient (Wildman–Crippen LogP) is 4.08. The van der Waals surface area contributed by atoms with Crippen molar-refractivity contribution in [1.29, 1.82) is 5.26 Å². The summed E-state index contributed by atoms with van der Waals surface area (Å²) in [6.07, 6.45) is 0. The predicted molar refractivity (Wildman–Crippen MR) is 75.9 cm³/mol. The Bertz CT molecular complexity index is 629. The molecular weight excluding hydrogens is 290 g/mol. The van der Waals surface area contributed by atoms with Gasteiger partial charge < -0.3 is 5.32 Å². The van der Waals surface area contributed by atoms with Gasteiger partial charge in [0.2, 0.25) is 0 Å². The van der Waals surface area contributed by atoms with Gasteiger partial charge in [-0.15, -0.1) is 0 Å². The molecule has 3 nitrogen and oxygen atoms in total. The van der Waals surface area contributed by atoms with Crippen molar-refractivity contribution in [1.82, 2.24) is 4.98 Å². The van der Waals surface area contributed by atoms with Gasteiger partial charge in [0.15, 0.2) is 0 Å². The highest BCUT2D eigenvalue weighted by Crippen LogP contribution is 2.27. The molecule has 0 spiro atoms. The molecule has 0 saturated carbocycles. The van der Waals surface area contributed by atoms with Crippen LogP contribution in [0.5, 0.6) is 0 Å². The summed E-state index contributed by atoms with van der Waals surface area (Å²) in [6, 6.07) is 11.7. The molecule has 1 aromatic carbocycles. The number of hydrogen-bond acceptors (Lipinski definition) is 3. The first kappa shape index (κ1) is 12.6. The molecule has 4 heteroatoms. The number of nitrogens with zero attached hydrogens (tertiary/aromatic N) is 2. The molecular formula is C14H12BrN3. The Morgan fingerprint density at radius 3 is 2.72 bits per heavy atom. The lowest BCUT2D eigenvalue weighted by atomic mass is 10.2. The minimum absolute atomic E-state index is 0.536. The highest BCUT2D eigenvalue weighted by atomic mass is 79.9. The van der Waals surface area contributed by atoms with Crippen molar-refractivity contribution in [2.24, 2.45) is 0 Å². The van der Waals surface area contributed by atoms with Crippen LogP contribution >= 0.6 is 15.9 Å². The molecule has 0 unspecified atom stereocenters. The fourth-order valence-electron chi connectivity index (χ4n) is 1.60. The maximum Gasteiger partial charge on any atom is 0.148 e. The fraction of sp³-hybridized carbons (Fsp3) is 0.143. The number of halogens is 1. The molecule has 1 aromatic heterocycles. The van der Waals surface area contributed by atoms with Crippen LogP contribution in [-0.2, 0) is 0 Å². The van der Waals surface area contributed by atoms with E-state index in [1.165, 1.54) is 0 Å². The molecule has 0 saturated heterocycles. The smallest absolute Gasteiger partial charge is 0.148 e. The number of rotatable bonds is 2. The summed E-state index contributed by atoms with van der Waals surface area (Å²) in [5.74, 6) is 0.587. The van der Waals surface area contributed by atoms with Crippen LogP contribution in [0.1, 0.15) is 16.8 Å². The van der Waals surface area contributed by atoms with Crippen molar-refractivity contribution in [2.45, 2.75) is 13.8 Å². The summed E-state index contributed by atoms with van der Waals surface area (Å²) in [6.45, 7) is 3.92. The first-order valence-corrected chi connectivity index (χ1v) is 6.30. The molecule has 90 valence electrons. The number of anilines is 2. The highest BCUT2D eigenvalue weighted by molar-refractivity contribution is 9.10. The zero-order chi connectivity index (χ0) is 13.1. The van der Waals surface area contributed by atoms with Crippen molar-refractivity contribution in [3.05, 3.63) is 51.6 Å². The topological polar surface area (TPSA) is 48.7 Å². The zero-order valence-corrected chi connectivity index (χ0v) is 11.7. The average molecular weight is 302 g/mol. The first-order valence-electron chi connectivity index (χ1n) is 5.51. The molecule has 0 aliphatic heterocycles. The van der Waals surface area contributed by atoms with Crippen molar-refractivity contribution >= 4 is 27.4 Å². The van der Waals surface area contributed by atoms with Gasteiger partial charge in [-0.2, -0.15) is 5.26 Å². The Kier molecular flexibility index (Phi) is 3.63. The van der Waals surface area contributed by atoms with E-state index in [-0.39, 0.29) is 0 Å². The number of nitriles is 1. The van der Waals surface area contributed by atoms with Crippen LogP contribution in [0.25, 0.3) is 0 Å². The third kappa shape index (κ3) is 2.69. The van der Waals surface area contributed by atoms with Crippen LogP contribution in [0, 0.1) is 25.2 Å². The Balaban J connectivity index is 2.43. The zero-order valence-electron chi connectivity index (χ0n) is 10.2. The van der Waals surface area contributed by atoms with E-state index in [0.717, 1.165) is 21.4 Å². The van der Waals surface area contributed by atoms with Gasteiger partial charge in [0, 0.05) is 10.2 Å². The van der Waals surface area contributed by atoms with Crippen LogP contribution in [0.3, 0.4) is 0 Å². The lowest BCUT2D eigenvalue weighted by Crippen LogP contribution is -1.99. The third-order valence-electron chi connectivity index (χ3n) is 2.53. The van der Waals surface area contributed by atoms with Crippen LogP contribution in [-0.4, -0.2) is 4.98 Å². The van der Waals surface area contributed by atoms with E-state index in [1.807, 2.05) is 38.1 Å². The fourth-order valence-corrected chi connectivity index (χ4v) is 1.95. The maximum atomic E-state index is 9.07. The number of aromatic nitrogens is 1. The van der Waals surface area contributed by atoms with E-state index in [0.29, 0.717) is 11.4 Å². The monoisotopic (exact) mass is 301 g/mol. The van der Waals surface area contributed by atoms with Gasteiger partial charge >= 0.3 is 0 Å². The molecule has 1 heterocycles. The third-order valence-corrected chi connectivity index (χ3v) is 3.22. The van der Waals surface area contributed by atoms with Gasteiger partial charge in [-0.05, 0) is 59.6 Å². The van der Waals surface area contributed by atoms with Crippen LogP contribution in [0.4, 0.5) is 11.5 Å². The number of pyridine rings is 1. The number of hydrogen-bond donors (Lipinski definition) is 1. The van der Waals surface area contributed by atoms with Crippen LogP contribution < -0.4 is 5.32 Å². The Hall–Kier alpha value is -1.86. The molecule has 0 aliphatic rings. The van der Waals surface area contributed by atoms with Gasteiger partial charge in [0.05, 0.1) is 11.3 Å². The lowest BCUT2D eigenvalue weighted by molar-refractivity contribution is 1.18. The second kappa shape index (κ2) is 5.19. The molecule has 0 aliphatic carbocycles. The molecule has 0 amide bonds. The summed E-state index contributed by atoms with van der Waals surface area (Å²) in [7, 11) is 0. The Morgan fingerprint density at radius 1 is 1.22 bits per heavy atom. The standard InChI is InChI=1S/C14H12BrN3/c1-9-3-6-12(15)13(7-9)18-14-11(8-16)5-4-10(2)17-14/h3-7H,1-2H3,(H,17,18). The molecule has 0 bridgehead atoms. The van der Waals surface area contributed by atoms with Gasteiger partial charge in [-0.3, -0.25) is 0 Å². The van der Waals surface area contributed by atoms with Gasteiger partial charge in [0.25, 0.3) is 0 Å². The van der Waals surface area contributed by atoms with Crippen molar-refractivity contribution < 1.29 is 0 Å². The Morgan fingerprint density at radius 2 is 2.00 bits per heavy atom.